The number of nitrogens with one attached hydrogen (secondary N) is 1. The summed E-state index contributed by atoms with van der Waals surface area (Å²) < 4.78 is 0. The average Bonchev–Trinajstić information content (AvgIpc) is 2.88. The Labute approximate surface area is 117 Å². The van der Waals surface area contributed by atoms with Gasteiger partial charge in [-0.05, 0) is 37.1 Å². The van der Waals surface area contributed by atoms with Crippen LogP contribution in [-0.2, 0) is 0 Å². The molecule has 0 unspecified atom stereocenters. The van der Waals surface area contributed by atoms with Gasteiger partial charge in [0.05, 0.1) is 11.4 Å². The highest BCUT2D eigenvalue weighted by molar-refractivity contribution is 5.74. The van der Waals surface area contributed by atoms with Gasteiger partial charge in [0.25, 0.3) is 0 Å². The first-order chi connectivity index (χ1) is 9.65. The maximum atomic E-state index is 10.2. The van der Waals surface area contributed by atoms with Crippen molar-refractivity contribution in [3.8, 4) is 28.3 Å². The molecule has 0 aliphatic heterocycles. The van der Waals surface area contributed by atoms with E-state index in [9.17, 15) is 5.11 Å². The molecule has 0 aliphatic rings. The van der Waals surface area contributed by atoms with Crippen LogP contribution >= 0.6 is 0 Å². The highest BCUT2D eigenvalue weighted by Gasteiger charge is 2.12. The highest BCUT2D eigenvalue weighted by Crippen LogP contribution is 2.33. The molecule has 3 rings (SSSR count). The fourth-order valence-corrected chi connectivity index (χ4v) is 2.50. The minimum absolute atomic E-state index is 0.283. The van der Waals surface area contributed by atoms with Crippen molar-refractivity contribution in [2.45, 2.75) is 13.8 Å². The number of aromatic nitrogens is 2. The molecule has 0 fully saturated rings. The van der Waals surface area contributed by atoms with Crippen molar-refractivity contribution in [3.05, 3.63) is 59.7 Å². The number of rotatable bonds is 2. The zero-order chi connectivity index (χ0) is 14.1. The van der Waals surface area contributed by atoms with E-state index < -0.39 is 0 Å². The summed E-state index contributed by atoms with van der Waals surface area (Å²) in [6.07, 6.45) is 0. The van der Waals surface area contributed by atoms with E-state index in [0.29, 0.717) is 0 Å². The molecule has 0 saturated heterocycles. The fourth-order valence-electron chi connectivity index (χ4n) is 2.50. The normalized spacial score (nSPS) is 10.7. The van der Waals surface area contributed by atoms with Crippen LogP contribution in [0.5, 0.6) is 5.75 Å². The molecule has 0 spiro atoms. The maximum absolute atomic E-state index is 10.2. The van der Waals surface area contributed by atoms with E-state index in [1.807, 2.05) is 50.2 Å². The second-order valence-corrected chi connectivity index (χ2v) is 5.01. The molecule has 100 valence electrons. The topological polar surface area (TPSA) is 48.9 Å². The first-order valence-electron chi connectivity index (χ1n) is 6.56. The van der Waals surface area contributed by atoms with Crippen molar-refractivity contribution >= 4 is 0 Å². The fraction of sp³-hybridized carbons (Fsp3) is 0.118. The van der Waals surface area contributed by atoms with E-state index >= 15 is 0 Å². The van der Waals surface area contributed by atoms with Gasteiger partial charge >= 0.3 is 0 Å². The van der Waals surface area contributed by atoms with E-state index in [1.54, 1.807) is 6.07 Å². The molecule has 20 heavy (non-hydrogen) atoms. The molecule has 1 aromatic heterocycles. The van der Waals surface area contributed by atoms with Crippen LogP contribution in [0.4, 0.5) is 0 Å². The largest absolute Gasteiger partial charge is 0.507 e. The number of aromatic amines is 1. The lowest BCUT2D eigenvalue weighted by molar-refractivity contribution is 0.476. The third kappa shape index (κ3) is 2.18. The SMILES string of the molecule is Cc1cc(C)c(-c2cc(-c3ccccc3)n[nH]2)c(O)c1. The Balaban J connectivity index is 2.07. The molecule has 2 aromatic carbocycles. The minimum Gasteiger partial charge on any atom is -0.507 e. The van der Waals surface area contributed by atoms with Crippen molar-refractivity contribution in [2.24, 2.45) is 0 Å². The summed E-state index contributed by atoms with van der Waals surface area (Å²) in [5, 5.41) is 17.5. The number of phenolic OH excluding ortho intramolecular Hbond substituents is 1. The van der Waals surface area contributed by atoms with Crippen LogP contribution in [0.25, 0.3) is 22.5 Å². The van der Waals surface area contributed by atoms with Crippen LogP contribution in [0.3, 0.4) is 0 Å². The predicted octanol–water partition coefficient (Wildman–Crippen LogP) is 4.07. The summed E-state index contributed by atoms with van der Waals surface area (Å²) in [6, 6.07) is 15.8. The molecule has 0 atom stereocenters. The van der Waals surface area contributed by atoms with Crippen molar-refractivity contribution in [3.63, 3.8) is 0 Å². The molecule has 3 heteroatoms. The number of hydrogen-bond acceptors (Lipinski definition) is 2. The Morgan fingerprint density at radius 2 is 1.75 bits per heavy atom. The van der Waals surface area contributed by atoms with Gasteiger partial charge in [0.15, 0.2) is 0 Å². The lowest BCUT2D eigenvalue weighted by atomic mass is 10.0. The molecule has 0 radical (unpaired) electrons. The molecule has 0 amide bonds. The summed E-state index contributed by atoms with van der Waals surface area (Å²) >= 11 is 0. The van der Waals surface area contributed by atoms with Crippen LogP contribution in [0.1, 0.15) is 11.1 Å². The van der Waals surface area contributed by atoms with Gasteiger partial charge in [0, 0.05) is 11.1 Å². The molecule has 3 aromatic rings. The Morgan fingerprint density at radius 1 is 1.00 bits per heavy atom. The first-order valence-corrected chi connectivity index (χ1v) is 6.56. The summed E-state index contributed by atoms with van der Waals surface area (Å²) in [5.41, 5.74) is 5.65. The van der Waals surface area contributed by atoms with Crippen molar-refractivity contribution in [1.29, 1.82) is 0 Å². The number of nitrogens with zero attached hydrogens (tertiary/aromatic N) is 1. The van der Waals surface area contributed by atoms with Gasteiger partial charge in [0.2, 0.25) is 0 Å². The second-order valence-electron chi connectivity index (χ2n) is 5.01. The van der Waals surface area contributed by atoms with Crippen LogP contribution in [0.2, 0.25) is 0 Å². The minimum atomic E-state index is 0.283. The molecular formula is C17H16N2O. The van der Waals surface area contributed by atoms with Crippen LogP contribution in [-0.4, -0.2) is 15.3 Å². The van der Waals surface area contributed by atoms with E-state index in [0.717, 1.165) is 33.6 Å². The summed E-state index contributed by atoms with van der Waals surface area (Å²) in [6.45, 7) is 3.96. The van der Waals surface area contributed by atoms with E-state index in [1.165, 1.54) is 0 Å². The number of aromatic hydroxyl groups is 1. The zero-order valence-corrected chi connectivity index (χ0v) is 11.5. The van der Waals surface area contributed by atoms with Crippen molar-refractivity contribution in [2.75, 3.05) is 0 Å². The van der Waals surface area contributed by atoms with Crippen molar-refractivity contribution < 1.29 is 5.11 Å². The predicted molar refractivity (Wildman–Crippen MR) is 80.6 cm³/mol. The molecule has 0 bridgehead atoms. The summed E-state index contributed by atoms with van der Waals surface area (Å²) in [7, 11) is 0. The second kappa shape index (κ2) is 4.85. The third-order valence-corrected chi connectivity index (χ3v) is 3.38. The molecular weight excluding hydrogens is 248 g/mol. The number of H-pyrrole nitrogens is 1. The Hall–Kier alpha value is -2.55. The van der Waals surface area contributed by atoms with Gasteiger partial charge in [-0.3, -0.25) is 5.10 Å². The molecule has 2 N–H and O–H groups in total. The Morgan fingerprint density at radius 3 is 2.45 bits per heavy atom. The van der Waals surface area contributed by atoms with E-state index in [4.69, 9.17) is 0 Å². The maximum Gasteiger partial charge on any atom is 0.125 e. The first kappa shape index (κ1) is 12.5. The van der Waals surface area contributed by atoms with Gasteiger partial charge in [-0.2, -0.15) is 5.10 Å². The Bertz CT molecular complexity index is 722. The quantitative estimate of drug-likeness (QED) is 0.733. The zero-order valence-electron chi connectivity index (χ0n) is 11.5. The van der Waals surface area contributed by atoms with Crippen molar-refractivity contribution in [1.82, 2.24) is 10.2 Å². The number of phenols is 1. The monoisotopic (exact) mass is 264 g/mol. The summed E-state index contributed by atoms with van der Waals surface area (Å²) in [5.74, 6) is 0.283. The smallest absolute Gasteiger partial charge is 0.125 e. The van der Waals surface area contributed by atoms with Crippen LogP contribution in [0, 0.1) is 13.8 Å². The lowest BCUT2D eigenvalue weighted by Crippen LogP contribution is -1.86. The standard InChI is InChI=1S/C17H16N2O/c1-11-8-12(2)17(16(20)9-11)15-10-14(18-19-15)13-6-4-3-5-7-13/h3-10,20H,1-2H3,(H,18,19). The number of benzene rings is 2. The molecule has 1 heterocycles. The Kier molecular flexibility index (Phi) is 3.03. The van der Waals surface area contributed by atoms with Crippen LogP contribution < -0.4 is 0 Å². The molecule has 0 aliphatic carbocycles. The van der Waals surface area contributed by atoms with Gasteiger partial charge in [-0.1, -0.05) is 36.4 Å². The number of aryl methyl sites for hydroxylation is 2. The van der Waals surface area contributed by atoms with E-state index in [-0.39, 0.29) is 5.75 Å². The van der Waals surface area contributed by atoms with Gasteiger partial charge in [-0.15, -0.1) is 0 Å². The van der Waals surface area contributed by atoms with E-state index in [2.05, 4.69) is 16.3 Å². The molecule has 3 nitrogen and oxygen atoms in total. The summed E-state index contributed by atoms with van der Waals surface area (Å²) in [4.78, 5) is 0. The van der Waals surface area contributed by atoms with Crippen LogP contribution in [0.15, 0.2) is 48.5 Å². The third-order valence-electron chi connectivity index (χ3n) is 3.38. The highest BCUT2D eigenvalue weighted by atomic mass is 16.3. The number of hydrogen-bond donors (Lipinski definition) is 2. The van der Waals surface area contributed by atoms with Gasteiger partial charge in [-0.25, -0.2) is 0 Å². The van der Waals surface area contributed by atoms with Gasteiger partial charge in [0.1, 0.15) is 5.75 Å². The lowest BCUT2D eigenvalue weighted by Gasteiger charge is -2.07. The average molecular weight is 264 g/mol. The van der Waals surface area contributed by atoms with Gasteiger partial charge < -0.3 is 5.11 Å². The molecule has 0 saturated carbocycles.